The average Bonchev–Trinajstić information content (AvgIpc) is 3.14. The number of Topliss-reactive ketones (excluding diaryl/α,β-unsaturated/α-hetero) is 1. The minimum Gasteiger partial charge on any atom is -0.468 e. The maximum atomic E-state index is 14.9. The first-order chi connectivity index (χ1) is 20.3. The van der Waals surface area contributed by atoms with Gasteiger partial charge in [-0.1, -0.05) is 48.8 Å². The van der Waals surface area contributed by atoms with Gasteiger partial charge in [0, 0.05) is 31.5 Å². The lowest BCUT2D eigenvalue weighted by Gasteiger charge is -2.30. The van der Waals surface area contributed by atoms with Crippen molar-refractivity contribution >= 4 is 33.4 Å². The van der Waals surface area contributed by atoms with Gasteiger partial charge in [0.1, 0.15) is 16.8 Å². The molecule has 0 radical (unpaired) electrons. The average molecular weight is 619 g/mol. The number of esters is 1. The van der Waals surface area contributed by atoms with Gasteiger partial charge in [-0.3, -0.25) is 14.4 Å². The number of nitrogens with zero attached hydrogens (tertiary/aromatic N) is 2. The molecule has 1 aliphatic carbocycles. The van der Waals surface area contributed by atoms with Gasteiger partial charge in [0.25, 0.3) is 5.91 Å². The summed E-state index contributed by atoms with van der Waals surface area (Å²) >= 11 is 0. The highest BCUT2D eigenvalue weighted by Gasteiger charge is 2.46. The molecule has 1 amide bonds. The number of carbonyl (C=O) groups is 3. The lowest BCUT2D eigenvalue weighted by atomic mass is 10.0. The van der Waals surface area contributed by atoms with Gasteiger partial charge in [-0.15, -0.1) is 5.92 Å². The van der Waals surface area contributed by atoms with E-state index in [1.807, 2.05) is 6.92 Å². The Balaban J connectivity index is 1.84. The summed E-state index contributed by atoms with van der Waals surface area (Å²) in [5, 5.41) is 0. The number of para-hydroxylation sites is 1. The number of carbonyl (C=O) groups excluding carboxylic acids is 3. The highest BCUT2D eigenvalue weighted by atomic mass is 32.2. The van der Waals surface area contributed by atoms with Crippen molar-refractivity contribution in [3.05, 3.63) is 87.6 Å². The SMILES string of the molecule is CCC#CCC1=CC=C(S(=O)(=O)N2Cc3ccccc3N(C(=O)c3c(F)cccc3C(F)(F)F)CC2C(=O)OC)C(=O)C1. The van der Waals surface area contributed by atoms with Crippen LogP contribution in [-0.2, 0) is 37.1 Å². The van der Waals surface area contributed by atoms with Crippen molar-refractivity contribution in [2.45, 2.75) is 44.9 Å². The molecule has 0 bridgehead atoms. The molecule has 1 aliphatic heterocycles. The van der Waals surface area contributed by atoms with Crippen molar-refractivity contribution < 1.29 is 45.1 Å². The van der Waals surface area contributed by atoms with Crippen molar-refractivity contribution in [3.8, 4) is 11.8 Å². The number of hydrogen-bond donors (Lipinski definition) is 0. The zero-order valence-electron chi connectivity index (χ0n) is 23.1. The number of ether oxygens (including phenoxy) is 1. The molecule has 43 heavy (non-hydrogen) atoms. The number of anilines is 1. The second kappa shape index (κ2) is 12.5. The largest absolute Gasteiger partial charge is 0.468 e. The Morgan fingerprint density at radius 1 is 1.07 bits per heavy atom. The van der Waals surface area contributed by atoms with E-state index in [9.17, 15) is 40.4 Å². The van der Waals surface area contributed by atoms with Crippen LogP contribution in [0.2, 0.25) is 0 Å². The predicted octanol–water partition coefficient (Wildman–Crippen LogP) is 4.76. The van der Waals surface area contributed by atoms with Crippen LogP contribution in [0.4, 0.5) is 23.2 Å². The highest BCUT2D eigenvalue weighted by Crippen LogP contribution is 2.37. The van der Waals surface area contributed by atoms with Gasteiger partial charge in [-0.2, -0.15) is 17.5 Å². The molecule has 0 aromatic heterocycles. The number of halogens is 4. The van der Waals surface area contributed by atoms with Crippen molar-refractivity contribution in [2.75, 3.05) is 18.6 Å². The molecule has 4 rings (SSSR count). The van der Waals surface area contributed by atoms with E-state index in [1.54, 1.807) is 0 Å². The van der Waals surface area contributed by atoms with Crippen molar-refractivity contribution in [1.82, 2.24) is 4.31 Å². The summed E-state index contributed by atoms with van der Waals surface area (Å²) in [6.07, 6.45) is -1.88. The quantitative estimate of drug-likeness (QED) is 0.272. The molecule has 1 heterocycles. The van der Waals surface area contributed by atoms with Crippen LogP contribution in [-0.4, -0.2) is 50.1 Å². The van der Waals surface area contributed by atoms with Crippen LogP contribution in [0.1, 0.15) is 47.7 Å². The van der Waals surface area contributed by atoms with E-state index < -0.39 is 74.8 Å². The summed E-state index contributed by atoms with van der Waals surface area (Å²) in [7, 11) is -3.77. The number of amides is 1. The van der Waals surface area contributed by atoms with Gasteiger partial charge in [-0.25, -0.2) is 12.8 Å². The maximum Gasteiger partial charge on any atom is 0.417 e. The lowest BCUT2D eigenvalue weighted by Crippen LogP contribution is -2.51. The molecule has 0 saturated heterocycles. The first-order valence-electron chi connectivity index (χ1n) is 13.0. The standard InChI is InChI=1S/C30H26F4N2O6S/c1-3-4-5-9-19-14-15-26(25(37)16-19)43(40,41)36-17-20-10-6-7-13-23(20)35(18-24(36)29(39)42-2)28(38)27-21(30(32,33)34)11-8-12-22(27)31/h6-8,10-15,24H,3,9,16-18H2,1-2H3. The number of methoxy groups -OCH3 is 1. The first-order valence-corrected chi connectivity index (χ1v) is 14.5. The van der Waals surface area contributed by atoms with E-state index in [1.165, 1.54) is 30.3 Å². The van der Waals surface area contributed by atoms with Crippen molar-refractivity contribution in [3.63, 3.8) is 0 Å². The van der Waals surface area contributed by atoms with E-state index in [0.717, 1.165) is 24.2 Å². The number of ketones is 1. The topological polar surface area (TPSA) is 101 Å². The Labute approximate surface area is 245 Å². The molecule has 13 heteroatoms. The van der Waals surface area contributed by atoms with Crippen molar-refractivity contribution in [1.29, 1.82) is 0 Å². The fourth-order valence-corrected chi connectivity index (χ4v) is 6.50. The smallest absolute Gasteiger partial charge is 0.417 e. The molecular formula is C30H26F4N2O6S. The molecular weight excluding hydrogens is 592 g/mol. The number of alkyl halides is 3. The van der Waals surface area contributed by atoms with E-state index in [2.05, 4.69) is 11.8 Å². The van der Waals surface area contributed by atoms with Gasteiger partial charge in [0.05, 0.1) is 24.8 Å². The molecule has 226 valence electrons. The van der Waals surface area contributed by atoms with Crippen molar-refractivity contribution in [2.24, 2.45) is 0 Å². The van der Waals surface area contributed by atoms with Gasteiger partial charge in [-0.05, 0) is 29.8 Å². The second-order valence-corrected chi connectivity index (χ2v) is 11.5. The highest BCUT2D eigenvalue weighted by molar-refractivity contribution is 7.94. The van der Waals surface area contributed by atoms with Crippen LogP contribution < -0.4 is 4.90 Å². The monoisotopic (exact) mass is 618 g/mol. The number of fused-ring (bicyclic) bond motifs is 1. The number of benzene rings is 2. The summed E-state index contributed by atoms with van der Waals surface area (Å²) in [5.41, 5.74) is -2.17. The van der Waals surface area contributed by atoms with E-state index in [0.29, 0.717) is 28.4 Å². The summed E-state index contributed by atoms with van der Waals surface area (Å²) in [5.74, 6) is 0.960. The second-order valence-electron chi connectivity index (χ2n) is 9.63. The van der Waals surface area contributed by atoms with Crippen LogP contribution in [0.3, 0.4) is 0 Å². The lowest BCUT2D eigenvalue weighted by molar-refractivity contribution is -0.145. The van der Waals surface area contributed by atoms with E-state index in [-0.39, 0.29) is 24.1 Å². The molecule has 2 aromatic carbocycles. The normalized spacial score (nSPS) is 17.6. The maximum absolute atomic E-state index is 14.9. The molecule has 0 saturated carbocycles. The molecule has 1 atom stereocenters. The summed E-state index contributed by atoms with van der Waals surface area (Å²) in [4.78, 5) is 39.9. The fourth-order valence-electron chi connectivity index (χ4n) is 4.85. The summed E-state index contributed by atoms with van der Waals surface area (Å²) in [6, 6.07) is 5.93. The fraction of sp³-hybridized carbons (Fsp3) is 0.300. The minimum absolute atomic E-state index is 0.0453. The predicted molar refractivity (Wildman–Crippen MR) is 148 cm³/mol. The molecule has 1 unspecified atom stereocenters. The number of allylic oxidation sites excluding steroid dienone is 4. The number of sulfonamides is 1. The third-order valence-corrected chi connectivity index (χ3v) is 8.82. The Bertz CT molecular complexity index is 1700. The zero-order valence-corrected chi connectivity index (χ0v) is 23.9. The number of rotatable bonds is 5. The first kappa shape index (κ1) is 31.7. The third-order valence-electron chi connectivity index (χ3n) is 6.90. The molecule has 2 aliphatic rings. The van der Waals surface area contributed by atoms with Gasteiger partial charge in [0.2, 0.25) is 10.0 Å². The van der Waals surface area contributed by atoms with Crippen LogP contribution in [0.5, 0.6) is 0 Å². The Morgan fingerprint density at radius 2 is 1.79 bits per heavy atom. The van der Waals surface area contributed by atoms with Crippen LogP contribution in [0.25, 0.3) is 0 Å². The molecule has 2 aromatic rings. The third kappa shape index (κ3) is 6.40. The number of hydrogen-bond acceptors (Lipinski definition) is 6. The summed E-state index contributed by atoms with van der Waals surface area (Å²) in [6.45, 7) is 0.479. The molecule has 8 nitrogen and oxygen atoms in total. The Hall–Kier alpha value is -4.28. The van der Waals surface area contributed by atoms with Crippen LogP contribution in [0.15, 0.2) is 65.1 Å². The Kier molecular flexibility index (Phi) is 9.22. The molecule has 0 N–H and O–H groups in total. The summed E-state index contributed by atoms with van der Waals surface area (Å²) < 4.78 is 89.7. The zero-order chi connectivity index (χ0) is 31.5. The van der Waals surface area contributed by atoms with Gasteiger partial charge in [0.15, 0.2) is 5.78 Å². The van der Waals surface area contributed by atoms with Gasteiger partial charge >= 0.3 is 12.1 Å². The van der Waals surface area contributed by atoms with Crippen LogP contribution >= 0.6 is 0 Å². The molecule has 0 fully saturated rings. The molecule has 0 spiro atoms. The Morgan fingerprint density at radius 3 is 2.44 bits per heavy atom. The van der Waals surface area contributed by atoms with Crippen LogP contribution in [0, 0.1) is 17.7 Å². The van der Waals surface area contributed by atoms with E-state index in [4.69, 9.17) is 4.74 Å². The minimum atomic E-state index is -5.10. The van der Waals surface area contributed by atoms with Gasteiger partial charge < -0.3 is 9.64 Å². The van der Waals surface area contributed by atoms with E-state index >= 15 is 0 Å².